The van der Waals surface area contributed by atoms with E-state index in [1.807, 2.05) is 19.1 Å². The van der Waals surface area contributed by atoms with E-state index in [9.17, 15) is 9.59 Å². The summed E-state index contributed by atoms with van der Waals surface area (Å²) in [5.41, 5.74) is 2.05. The smallest absolute Gasteiger partial charge is 0.338 e. The highest BCUT2D eigenvalue weighted by molar-refractivity contribution is 7.81. The van der Waals surface area contributed by atoms with E-state index in [0.717, 1.165) is 11.3 Å². The number of ether oxygens (including phenoxy) is 1. The maximum Gasteiger partial charge on any atom is 0.338 e. The van der Waals surface area contributed by atoms with Crippen molar-refractivity contribution in [3.05, 3.63) is 29.3 Å². The Morgan fingerprint density at radius 2 is 2.22 bits per heavy atom. The first-order valence-corrected chi connectivity index (χ1v) is 6.22. The molecule has 1 atom stereocenters. The van der Waals surface area contributed by atoms with Crippen LogP contribution in [0.2, 0.25) is 0 Å². The Labute approximate surface area is 111 Å². The molecule has 1 aliphatic rings. The summed E-state index contributed by atoms with van der Waals surface area (Å²) in [7, 11) is 1.35. The number of methoxy groups -OCH3 is 1. The van der Waals surface area contributed by atoms with Crippen molar-refractivity contribution in [2.45, 2.75) is 18.6 Å². The summed E-state index contributed by atoms with van der Waals surface area (Å²) in [5.74, 6) is -0.349. The van der Waals surface area contributed by atoms with Gasteiger partial charge in [0.15, 0.2) is 0 Å². The van der Waals surface area contributed by atoms with Gasteiger partial charge in [-0.3, -0.25) is 4.79 Å². The fourth-order valence-electron chi connectivity index (χ4n) is 2.05. The van der Waals surface area contributed by atoms with Gasteiger partial charge in [0.25, 0.3) is 0 Å². The molecule has 0 N–H and O–H groups in total. The maximum atomic E-state index is 11.8. The summed E-state index contributed by atoms with van der Waals surface area (Å²) in [6.45, 7) is 2.41. The predicted molar refractivity (Wildman–Crippen MR) is 72.3 cm³/mol. The zero-order valence-electron chi connectivity index (χ0n) is 10.3. The van der Waals surface area contributed by atoms with Crippen LogP contribution in [-0.2, 0) is 9.53 Å². The number of hydrogen-bond donors (Lipinski definition) is 1. The van der Waals surface area contributed by atoms with Crippen LogP contribution < -0.4 is 4.90 Å². The van der Waals surface area contributed by atoms with Crippen molar-refractivity contribution in [1.82, 2.24) is 0 Å². The van der Waals surface area contributed by atoms with Crippen LogP contribution in [0.15, 0.2) is 18.2 Å². The number of hydrogen-bond acceptors (Lipinski definition) is 4. The highest BCUT2D eigenvalue weighted by Gasteiger charge is 2.28. The summed E-state index contributed by atoms with van der Waals surface area (Å²) in [4.78, 5) is 25.0. The quantitative estimate of drug-likeness (QED) is 0.655. The molecule has 5 heteroatoms. The van der Waals surface area contributed by atoms with Crippen LogP contribution in [0, 0.1) is 6.92 Å². The van der Waals surface area contributed by atoms with E-state index in [1.54, 1.807) is 11.0 Å². The number of aryl methyl sites for hydroxylation is 1. The van der Waals surface area contributed by atoms with E-state index in [4.69, 9.17) is 4.74 Å². The Morgan fingerprint density at radius 3 is 2.78 bits per heavy atom. The molecule has 0 saturated carbocycles. The first-order valence-electron chi connectivity index (χ1n) is 5.70. The van der Waals surface area contributed by atoms with Gasteiger partial charge in [0.1, 0.15) is 0 Å². The van der Waals surface area contributed by atoms with Crippen molar-refractivity contribution in [1.29, 1.82) is 0 Å². The van der Waals surface area contributed by atoms with Crippen molar-refractivity contribution in [3.8, 4) is 0 Å². The van der Waals surface area contributed by atoms with Gasteiger partial charge >= 0.3 is 5.97 Å². The lowest BCUT2D eigenvalue weighted by molar-refractivity contribution is -0.117. The van der Waals surface area contributed by atoms with E-state index in [-0.39, 0.29) is 17.1 Å². The number of amides is 1. The van der Waals surface area contributed by atoms with Gasteiger partial charge in [0, 0.05) is 23.9 Å². The van der Waals surface area contributed by atoms with Gasteiger partial charge in [0.05, 0.1) is 12.7 Å². The number of benzene rings is 1. The highest BCUT2D eigenvalue weighted by atomic mass is 32.1. The van der Waals surface area contributed by atoms with Gasteiger partial charge < -0.3 is 9.64 Å². The second-order valence-electron chi connectivity index (χ2n) is 4.35. The highest BCUT2D eigenvalue weighted by Crippen LogP contribution is 2.26. The summed E-state index contributed by atoms with van der Waals surface area (Å²) < 4.78 is 4.73. The van der Waals surface area contributed by atoms with Gasteiger partial charge in [-0.25, -0.2) is 4.79 Å². The van der Waals surface area contributed by atoms with Crippen LogP contribution in [0.25, 0.3) is 0 Å². The number of rotatable bonds is 2. The van der Waals surface area contributed by atoms with E-state index >= 15 is 0 Å². The van der Waals surface area contributed by atoms with E-state index in [1.165, 1.54) is 7.11 Å². The standard InChI is InChI=1S/C13H15NO3S/c1-8-3-4-9(5-11(8)13(16)17-2)14-7-10(18)6-12(14)15/h3-5,10,18H,6-7H2,1-2H3. The molecule has 96 valence electrons. The first kappa shape index (κ1) is 13.0. The second-order valence-corrected chi connectivity index (χ2v) is 5.08. The van der Waals surface area contributed by atoms with Gasteiger partial charge in [0.2, 0.25) is 5.91 Å². The van der Waals surface area contributed by atoms with Crippen LogP contribution in [0.4, 0.5) is 5.69 Å². The van der Waals surface area contributed by atoms with E-state index in [2.05, 4.69) is 12.6 Å². The largest absolute Gasteiger partial charge is 0.465 e. The van der Waals surface area contributed by atoms with Crippen molar-refractivity contribution in [2.24, 2.45) is 0 Å². The predicted octanol–water partition coefficient (Wildman–Crippen LogP) is 1.82. The first-order chi connectivity index (χ1) is 8.52. The summed E-state index contributed by atoms with van der Waals surface area (Å²) in [6.07, 6.45) is 0.435. The molecule has 1 heterocycles. The lowest BCUT2D eigenvalue weighted by atomic mass is 10.1. The zero-order chi connectivity index (χ0) is 13.3. The molecule has 0 spiro atoms. The molecule has 0 bridgehead atoms. The molecule has 1 unspecified atom stereocenters. The van der Waals surface area contributed by atoms with Gasteiger partial charge in [-0.1, -0.05) is 6.07 Å². The molecule has 1 aromatic rings. The fraction of sp³-hybridized carbons (Fsp3) is 0.385. The number of carbonyl (C=O) groups excluding carboxylic acids is 2. The second kappa shape index (κ2) is 5.02. The molecule has 2 rings (SSSR count). The lowest BCUT2D eigenvalue weighted by Crippen LogP contribution is -2.25. The molecule has 1 amide bonds. The summed E-state index contributed by atoms with van der Waals surface area (Å²) in [5, 5.41) is 0.0559. The van der Waals surface area contributed by atoms with E-state index in [0.29, 0.717) is 18.5 Å². The number of carbonyl (C=O) groups is 2. The Bertz CT molecular complexity index is 501. The Hall–Kier alpha value is -1.49. The van der Waals surface area contributed by atoms with Crippen LogP contribution in [0.3, 0.4) is 0 Å². The van der Waals surface area contributed by atoms with Gasteiger partial charge in [-0.05, 0) is 24.6 Å². The van der Waals surface area contributed by atoms with Crippen molar-refractivity contribution in [3.63, 3.8) is 0 Å². The molecule has 0 aromatic heterocycles. The Morgan fingerprint density at radius 1 is 1.50 bits per heavy atom. The SMILES string of the molecule is COC(=O)c1cc(N2CC(S)CC2=O)ccc1C. The third kappa shape index (κ3) is 2.36. The van der Waals surface area contributed by atoms with Crippen molar-refractivity contribution >= 4 is 30.2 Å². The lowest BCUT2D eigenvalue weighted by Gasteiger charge is -2.17. The van der Waals surface area contributed by atoms with Crippen LogP contribution in [-0.4, -0.2) is 30.8 Å². The Balaban J connectivity index is 2.35. The van der Waals surface area contributed by atoms with Crippen molar-refractivity contribution < 1.29 is 14.3 Å². The summed E-state index contributed by atoms with van der Waals surface area (Å²) in [6, 6.07) is 5.36. The molecule has 1 aromatic carbocycles. The average Bonchev–Trinajstić information content (AvgIpc) is 2.68. The number of esters is 1. The third-order valence-corrected chi connectivity index (χ3v) is 3.39. The number of thiol groups is 1. The van der Waals surface area contributed by atoms with Crippen molar-refractivity contribution in [2.75, 3.05) is 18.6 Å². The third-order valence-electron chi connectivity index (χ3n) is 3.04. The van der Waals surface area contributed by atoms with Crippen LogP contribution in [0.1, 0.15) is 22.3 Å². The fourth-order valence-corrected chi connectivity index (χ4v) is 2.37. The van der Waals surface area contributed by atoms with Crippen LogP contribution >= 0.6 is 12.6 Å². The van der Waals surface area contributed by atoms with Gasteiger partial charge in [-0.15, -0.1) is 0 Å². The molecular weight excluding hydrogens is 250 g/mol. The molecule has 0 aliphatic carbocycles. The minimum Gasteiger partial charge on any atom is -0.465 e. The zero-order valence-corrected chi connectivity index (χ0v) is 11.2. The van der Waals surface area contributed by atoms with Gasteiger partial charge in [-0.2, -0.15) is 12.6 Å². The molecule has 1 fully saturated rings. The average molecular weight is 265 g/mol. The maximum absolute atomic E-state index is 11.8. The molecule has 1 aliphatic heterocycles. The minimum absolute atomic E-state index is 0.0367. The topological polar surface area (TPSA) is 46.6 Å². The number of anilines is 1. The number of nitrogens with zero attached hydrogens (tertiary/aromatic N) is 1. The minimum atomic E-state index is -0.386. The van der Waals surface area contributed by atoms with E-state index < -0.39 is 0 Å². The monoisotopic (exact) mass is 265 g/mol. The molecular formula is C13H15NO3S. The normalized spacial score (nSPS) is 19.2. The molecule has 18 heavy (non-hydrogen) atoms. The molecule has 4 nitrogen and oxygen atoms in total. The molecule has 1 saturated heterocycles. The van der Waals surface area contributed by atoms with Crippen LogP contribution in [0.5, 0.6) is 0 Å². The Kier molecular flexibility index (Phi) is 3.61. The molecule has 0 radical (unpaired) electrons. The summed E-state index contributed by atoms with van der Waals surface area (Å²) >= 11 is 4.31.